The van der Waals surface area contributed by atoms with Crippen molar-refractivity contribution < 1.29 is 4.74 Å². The zero-order valence-corrected chi connectivity index (χ0v) is 15.4. The normalized spacial score (nSPS) is 12.5. The van der Waals surface area contributed by atoms with Crippen molar-refractivity contribution in [1.29, 1.82) is 0 Å². The van der Waals surface area contributed by atoms with Crippen LogP contribution < -0.4 is 4.74 Å². The van der Waals surface area contributed by atoms with E-state index in [9.17, 15) is 0 Å². The van der Waals surface area contributed by atoms with Crippen LogP contribution in [0.5, 0.6) is 5.75 Å². The highest BCUT2D eigenvalue weighted by Crippen LogP contribution is 2.38. The Balaban J connectivity index is 2.39. The summed E-state index contributed by atoms with van der Waals surface area (Å²) in [7, 11) is 0. The Labute approximate surface area is 141 Å². The Hall–Kier alpha value is -1.76. The van der Waals surface area contributed by atoms with Crippen molar-refractivity contribution in [3.63, 3.8) is 0 Å². The van der Waals surface area contributed by atoms with Crippen molar-refractivity contribution in [1.82, 2.24) is 0 Å². The van der Waals surface area contributed by atoms with Crippen molar-refractivity contribution in [3.8, 4) is 5.75 Å². The van der Waals surface area contributed by atoms with E-state index in [-0.39, 0.29) is 11.0 Å². The minimum absolute atomic E-state index is 0.127. The van der Waals surface area contributed by atoms with E-state index in [1.807, 2.05) is 30.3 Å². The molecule has 0 N–H and O–H groups in total. The molecule has 0 bridgehead atoms. The molecule has 0 aromatic heterocycles. The molecule has 0 atom stereocenters. The molecule has 2 rings (SSSR count). The highest BCUT2D eigenvalue weighted by Gasteiger charge is 2.32. The summed E-state index contributed by atoms with van der Waals surface area (Å²) in [4.78, 5) is 0. The molecule has 0 amide bonds. The van der Waals surface area contributed by atoms with Crippen LogP contribution in [0.25, 0.3) is 0 Å². The van der Waals surface area contributed by atoms with Crippen LogP contribution in [-0.2, 0) is 11.0 Å². The zero-order valence-electron chi connectivity index (χ0n) is 15.4. The highest BCUT2D eigenvalue weighted by atomic mass is 16.5. The lowest BCUT2D eigenvalue weighted by Gasteiger charge is -2.35. The van der Waals surface area contributed by atoms with E-state index in [4.69, 9.17) is 4.74 Å². The van der Waals surface area contributed by atoms with Gasteiger partial charge in [0.05, 0.1) is 0 Å². The maximum atomic E-state index is 6.33. The molecule has 2 aromatic rings. The fraction of sp³-hybridized carbons (Fsp3) is 0.455. The van der Waals surface area contributed by atoms with Crippen molar-refractivity contribution in [2.45, 2.75) is 59.0 Å². The van der Waals surface area contributed by atoms with Gasteiger partial charge in [-0.05, 0) is 54.9 Å². The summed E-state index contributed by atoms with van der Waals surface area (Å²) >= 11 is 0. The van der Waals surface area contributed by atoms with Crippen molar-refractivity contribution in [3.05, 3.63) is 65.7 Å². The van der Waals surface area contributed by atoms with E-state index in [1.165, 1.54) is 11.1 Å². The van der Waals surface area contributed by atoms with E-state index < -0.39 is 0 Å². The van der Waals surface area contributed by atoms with Crippen LogP contribution in [0, 0.1) is 5.92 Å². The minimum atomic E-state index is -0.369. The average molecular weight is 310 g/mol. The first-order valence-corrected chi connectivity index (χ1v) is 8.56. The molecule has 0 radical (unpaired) electrons. The molecule has 124 valence electrons. The molecule has 2 aromatic carbocycles. The monoisotopic (exact) mass is 310 g/mol. The molecule has 0 saturated carbocycles. The number of hydrogen-bond acceptors (Lipinski definition) is 1. The third-order valence-electron chi connectivity index (χ3n) is 4.34. The van der Waals surface area contributed by atoms with Crippen LogP contribution in [0.1, 0.15) is 59.1 Å². The number of hydrogen-bond donors (Lipinski definition) is 0. The van der Waals surface area contributed by atoms with Gasteiger partial charge in [-0.2, -0.15) is 0 Å². The maximum Gasteiger partial charge on any atom is 0.129 e. The average Bonchev–Trinajstić information content (AvgIpc) is 2.46. The Morgan fingerprint density at radius 1 is 0.783 bits per heavy atom. The standard InChI is InChI=1S/C22H30O/c1-17(2)16-21(3,4)19-14-10-11-15-20(19)22(5,6)23-18-12-8-7-9-13-18/h7-15,17H,16H2,1-6H3. The van der Waals surface area contributed by atoms with Gasteiger partial charge < -0.3 is 4.74 Å². The quantitative estimate of drug-likeness (QED) is 0.606. The highest BCUT2D eigenvalue weighted by molar-refractivity contribution is 5.38. The Bertz CT molecular complexity index is 623. The lowest BCUT2D eigenvalue weighted by Crippen LogP contribution is -2.31. The third-order valence-corrected chi connectivity index (χ3v) is 4.34. The van der Waals surface area contributed by atoms with Crippen LogP contribution in [0.15, 0.2) is 54.6 Å². The number of benzene rings is 2. The van der Waals surface area contributed by atoms with E-state index in [0.29, 0.717) is 5.92 Å². The van der Waals surface area contributed by atoms with Gasteiger partial charge in [-0.15, -0.1) is 0 Å². The molecule has 1 nitrogen and oxygen atoms in total. The summed E-state index contributed by atoms with van der Waals surface area (Å²) in [5.41, 5.74) is 2.41. The SMILES string of the molecule is CC(C)CC(C)(C)c1ccccc1C(C)(C)Oc1ccccc1. The molecule has 0 aliphatic rings. The molecule has 1 heteroatoms. The first-order chi connectivity index (χ1) is 10.7. The lowest BCUT2D eigenvalue weighted by atomic mass is 9.73. The summed E-state index contributed by atoms with van der Waals surface area (Å²) in [6.45, 7) is 13.6. The van der Waals surface area contributed by atoms with Gasteiger partial charge in [0.2, 0.25) is 0 Å². The molecule has 0 aliphatic carbocycles. The van der Waals surface area contributed by atoms with E-state index in [2.05, 4.69) is 65.8 Å². The van der Waals surface area contributed by atoms with Gasteiger partial charge >= 0.3 is 0 Å². The van der Waals surface area contributed by atoms with Gasteiger partial charge in [0.15, 0.2) is 0 Å². The van der Waals surface area contributed by atoms with Crippen LogP contribution in [0.2, 0.25) is 0 Å². The summed E-state index contributed by atoms with van der Waals surface area (Å²) in [5, 5.41) is 0. The molecular weight excluding hydrogens is 280 g/mol. The Morgan fingerprint density at radius 3 is 1.87 bits per heavy atom. The first-order valence-electron chi connectivity index (χ1n) is 8.56. The third kappa shape index (κ3) is 4.37. The second kappa shape index (κ2) is 6.78. The molecule has 0 aliphatic heterocycles. The van der Waals surface area contributed by atoms with Gasteiger partial charge in [-0.1, -0.05) is 70.2 Å². The Morgan fingerprint density at radius 2 is 1.30 bits per heavy atom. The van der Waals surface area contributed by atoms with Gasteiger partial charge in [0, 0.05) is 0 Å². The zero-order chi connectivity index (χ0) is 17.1. The minimum Gasteiger partial charge on any atom is -0.483 e. The Kier molecular flexibility index (Phi) is 5.19. The van der Waals surface area contributed by atoms with Crippen molar-refractivity contribution in [2.24, 2.45) is 5.92 Å². The lowest BCUT2D eigenvalue weighted by molar-refractivity contribution is 0.106. The van der Waals surface area contributed by atoms with Gasteiger partial charge in [0.1, 0.15) is 11.4 Å². The molecular formula is C22H30O. The van der Waals surface area contributed by atoms with Gasteiger partial charge in [-0.3, -0.25) is 0 Å². The molecule has 0 saturated heterocycles. The first kappa shape index (κ1) is 17.6. The number of para-hydroxylation sites is 1. The largest absolute Gasteiger partial charge is 0.483 e. The number of rotatable bonds is 6. The molecule has 0 spiro atoms. The predicted octanol–water partition coefficient (Wildman–Crippen LogP) is 6.32. The van der Waals surface area contributed by atoms with Crippen molar-refractivity contribution in [2.75, 3.05) is 0 Å². The predicted molar refractivity (Wildman–Crippen MR) is 99.0 cm³/mol. The van der Waals surface area contributed by atoms with Crippen LogP contribution >= 0.6 is 0 Å². The maximum absolute atomic E-state index is 6.33. The number of ether oxygens (including phenoxy) is 1. The summed E-state index contributed by atoms with van der Waals surface area (Å²) in [6, 6.07) is 18.8. The fourth-order valence-corrected chi connectivity index (χ4v) is 3.57. The molecule has 0 unspecified atom stereocenters. The van der Waals surface area contributed by atoms with Crippen molar-refractivity contribution >= 4 is 0 Å². The second-order valence-electron chi connectivity index (χ2n) is 7.95. The molecule has 23 heavy (non-hydrogen) atoms. The summed E-state index contributed by atoms with van der Waals surface area (Å²) in [5.74, 6) is 1.57. The molecule has 0 fully saturated rings. The van der Waals surface area contributed by atoms with E-state index in [1.54, 1.807) is 0 Å². The van der Waals surface area contributed by atoms with Crippen LogP contribution in [-0.4, -0.2) is 0 Å². The van der Waals surface area contributed by atoms with E-state index in [0.717, 1.165) is 12.2 Å². The van der Waals surface area contributed by atoms with E-state index >= 15 is 0 Å². The topological polar surface area (TPSA) is 9.23 Å². The molecule has 0 heterocycles. The van der Waals surface area contributed by atoms with Crippen LogP contribution in [0.4, 0.5) is 0 Å². The van der Waals surface area contributed by atoms with Crippen LogP contribution in [0.3, 0.4) is 0 Å². The summed E-state index contributed by atoms with van der Waals surface area (Å²) < 4.78 is 6.33. The fourth-order valence-electron chi connectivity index (χ4n) is 3.57. The summed E-state index contributed by atoms with van der Waals surface area (Å²) in [6.07, 6.45) is 1.16. The van der Waals surface area contributed by atoms with Gasteiger partial charge in [0.25, 0.3) is 0 Å². The smallest absolute Gasteiger partial charge is 0.129 e. The second-order valence-corrected chi connectivity index (χ2v) is 7.95. The van der Waals surface area contributed by atoms with Gasteiger partial charge in [-0.25, -0.2) is 0 Å².